The van der Waals surface area contributed by atoms with Gasteiger partial charge in [-0.3, -0.25) is 5.84 Å². The molecule has 0 fully saturated rings. The molecule has 84 valence electrons. The third kappa shape index (κ3) is 3.51. The highest BCUT2D eigenvalue weighted by Crippen LogP contribution is 2.43. The lowest BCUT2D eigenvalue weighted by atomic mass is 10.3. The molecule has 0 saturated carbocycles. The maximum atomic E-state index is 12.2. The van der Waals surface area contributed by atoms with Crippen molar-refractivity contribution in [2.75, 3.05) is 11.7 Å². The van der Waals surface area contributed by atoms with E-state index in [-0.39, 0.29) is 16.7 Å². The fraction of sp³-hybridized carbons (Fsp3) is 0.250. The Morgan fingerprint density at radius 1 is 1.33 bits per heavy atom. The summed E-state index contributed by atoms with van der Waals surface area (Å²) in [6.07, 6.45) is 1.70. The highest BCUT2D eigenvalue weighted by atomic mass is 32.2. The van der Waals surface area contributed by atoms with Crippen molar-refractivity contribution in [3.05, 3.63) is 18.2 Å². The maximum absolute atomic E-state index is 12.2. The Hall–Kier alpha value is -0.530. The number of benzene rings is 1. The lowest BCUT2D eigenvalue weighted by molar-refractivity contribution is -0.0328. The number of alkyl halides is 3. The summed E-state index contributed by atoms with van der Waals surface area (Å²) in [5.74, 6) is 5.21. The average molecular weight is 254 g/mol. The Labute approximate surface area is 93.8 Å². The first kappa shape index (κ1) is 12.5. The van der Waals surface area contributed by atoms with Gasteiger partial charge < -0.3 is 5.43 Å². The number of anilines is 1. The van der Waals surface area contributed by atoms with Gasteiger partial charge in [0.25, 0.3) is 0 Å². The predicted molar refractivity (Wildman–Crippen MR) is 57.9 cm³/mol. The highest BCUT2D eigenvalue weighted by Gasteiger charge is 2.30. The predicted octanol–water partition coefficient (Wildman–Crippen LogP) is 3.31. The molecule has 0 amide bonds. The number of nitrogens with two attached hydrogens (primary N) is 1. The molecule has 2 nitrogen and oxygen atoms in total. The van der Waals surface area contributed by atoms with Gasteiger partial charge in [0.2, 0.25) is 0 Å². The van der Waals surface area contributed by atoms with E-state index in [4.69, 9.17) is 5.84 Å². The molecule has 0 aromatic heterocycles. The van der Waals surface area contributed by atoms with E-state index in [1.54, 1.807) is 12.3 Å². The van der Waals surface area contributed by atoms with Crippen LogP contribution in [-0.2, 0) is 0 Å². The third-order valence-electron chi connectivity index (χ3n) is 1.56. The van der Waals surface area contributed by atoms with Gasteiger partial charge in [-0.15, -0.1) is 11.8 Å². The van der Waals surface area contributed by atoms with Crippen LogP contribution in [0.15, 0.2) is 28.0 Å². The van der Waals surface area contributed by atoms with Crippen LogP contribution in [-0.4, -0.2) is 11.8 Å². The molecule has 0 unspecified atom stereocenters. The molecule has 1 aromatic carbocycles. The van der Waals surface area contributed by atoms with E-state index >= 15 is 0 Å². The molecule has 0 bridgehead atoms. The number of thioether (sulfide) groups is 2. The molecule has 1 rings (SSSR count). The molecular weight excluding hydrogens is 245 g/mol. The number of nitrogen functional groups attached to an aromatic ring is 1. The minimum Gasteiger partial charge on any atom is -0.323 e. The highest BCUT2D eigenvalue weighted by molar-refractivity contribution is 8.02. The van der Waals surface area contributed by atoms with E-state index in [2.05, 4.69) is 5.43 Å². The molecule has 0 aliphatic carbocycles. The molecule has 0 radical (unpaired) electrons. The minimum absolute atomic E-state index is 0.135. The van der Waals surface area contributed by atoms with Crippen LogP contribution < -0.4 is 11.3 Å². The Morgan fingerprint density at radius 2 is 2.00 bits per heavy atom. The van der Waals surface area contributed by atoms with Gasteiger partial charge in [-0.1, -0.05) is 6.07 Å². The summed E-state index contributed by atoms with van der Waals surface area (Å²) in [4.78, 5) is 0.660. The number of hydrogen-bond acceptors (Lipinski definition) is 4. The van der Waals surface area contributed by atoms with Crippen molar-refractivity contribution in [3.8, 4) is 0 Å². The van der Waals surface area contributed by atoms with Gasteiger partial charge in [-0.05, 0) is 30.2 Å². The molecule has 1 aromatic rings. The summed E-state index contributed by atoms with van der Waals surface area (Å²) in [5.41, 5.74) is -1.41. The fourth-order valence-corrected chi connectivity index (χ4v) is 2.63. The van der Waals surface area contributed by atoms with E-state index in [9.17, 15) is 13.2 Å². The summed E-state index contributed by atoms with van der Waals surface area (Å²) in [6, 6.07) is 4.58. The summed E-state index contributed by atoms with van der Waals surface area (Å²) in [5, 5.41) is 0. The Kier molecular flexibility index (Phi) is 4.18. The van der Waals surface area contributed by atoms with Crippen LogP contribution in [0.4, 0.5) is 18.9 Å². The van der Waals surface area contributed by atoms with Crippen molar-refractivity contribution >= 4 is 29.2 Å². The van der Waals surface area contributed by atoms with Crippen LogP contribution in [0.25, 0.3) is 0 Å². The fourth-order valence-electron chi connectivity index (χ4n) is 1.05. The smallest absolute Gasteiger partial charge is 0.323 e. The number of nitrogens with one attached hydrogen (secondary N) is 1. The summed E-state index contributed by atoms with van der Waals surface area (Å²) in [7, 11) is 0. The van der Waals surface area contributed by atoms with Crippen molar-refractivity contribution in [2.24, 2.45) is 5.84 Å². The second-order valence-electron chi connectivity index (χ2n) is 2.53. The molecule has 0 saturated heterocycles. The number of hydrogen-bond donors (Lipinski definition) is 2. The van der Waals surface area contributed by atoms with Gasteiger partial charge >= 0.3 is 5.51 Å². The van der Waals surface area contributed by atoms with Gasteiger partial charge in [-0.2, -0.15) is 13.2 Å². The zero-order valence-corrected chi connectivity index (χ0v) is 9.39. The van der Waals surface area contributed by atoms with E-state index in [0.717, 1.165) is 0 Å². The molecule has 0 spiro atoms. The van der Waals surface area contributed by atoms with Gasteiger partial charge in [0, 0.05) is 9.79 Å². The van der Waals surface area contributed by atoms with Crippen LogP contribution in [0.3, 0.4) is 0 Å². The Morgan fingerprint density at radius 3 is 2.47 bits per heavy atom. The molecule has 0 atom stereocenters. The van der Waals surface area contributed by atoms with Gasteiger partial charge in [0.1, 0.15) is 0 Å². The van der Waals surface area contributed by atoms with Crippen LogP contribution in [0.2, 0.25) is 0 Å². The second kappa shape index (κ2) is 5.00. The van der Waals surface area contributed by atoms with Crippen LogP contribution in [0.5, 0.6) is 0 Å². The Balaban J connectivity index is 3.06. The standard InChI is InChI=1S/C8H9F3N2S2/c1-14-7-5(13-12)3-2-4-6(7)15-8(9,10)11/h2-4,13H,12H2,1H3. The van der Waals surface area contributed by atoms with Crippen molar-refractivity contribution in [2.45, 2.75) is 15.3 Å². The molecule has 15 heavy (non-hydrogen) atoms. The molecule has 0 aliphatic rings. The van der Waals surface area contributed by atoms with E-state index < -0.39 is 5.51 Å². The minimum atomic E-state index is -4.28. The van der Waals surface area contributed by atoms with Crippen LogP contribution in [0.1, 0.15) is 0 Å². The SMILES string of the molecule is CSc1c(NN)cccc1SC(F)(F)F. The summed E-state index contributed by atoms with van der Waals surface area (Å²) < 4.78 is 36.6. The van der Waals surface area contributed by atoms with Crippen LogP contribution >= 0.6 is 23.5 Å². The largest absolute Gasteiger partial charge is 0.446 e. The molecule has 0 heterocycles. The Bertz CT molecular complexity index is 341. The van der Waals surface area contributed by atoms with E-state index in [0.29, 0.717) is 10.6 Å². The van der Waals surface area contributed by atoms with Gasteiger partial charge in [0.15, 0.2) is 0 Å². The van der Waals surface area contributed by atoms with Crippen molar-refractivity contribution in [1.82, 2.24) is 0 Å². The summed E-state index contributed by atoms with van der Waals surface area (Å²) in [6.45, 7) is 0. The molecular formula is C8H9F3N2S2. The first-order valence-electron chi connectivity index (χ1n) is 3.87. The topological polar surface area (TPSA) is 38.0 Å². The number of hydrazine groups is 1. The van der Waals surface area contributed by atoms with E-state index in [1.807, 2.05) is 0 Å². The zero-order chi connectivity index (χ0) is 11.5. The number of rotatable bonds is 3. The molecule has 7 heteroatoms. The zero-order valence-electron chi connectivity index (χ0n) is 7.76. The molecule has 0 aliphatic heterocycles. The summed E-state index contributed by atoms with van der Waals surface area (Å²) >= 11 is 1.09. The molecule has 3 N–H and O–H groups in total. The third-order valence-corrected chi connectivity index (χ3v) is 3.33. The van der Waals surface area contributed by atoms with Crippen molar-refractivity contribution in [1.29, 1.82) is 0 Å². The first-order valence-corrected chi connectivity index (χ1v) is 5.91. The van der Waals surface area contributed by atoms with Gasteiger partial charge in [-0.25, -0.2) is 0 Å². The quantitative estimate of drug-likeness (QED) is 0.493. The van der Waals surface area contributed by atoms with Crippen molar-refractivity contribution in [3.63, 3.8) is 0 Å². The van der Waals surface area contributed by atoms with Gasteiger partial charge in [0.05, 0.1) is 5.69 Å². The number of halogens is 3. The van der Waals surface area contributed by atoms with E-state index in [1.165, 1.54) is 23.9 Å². The second-order valence-corrected chi connectivity index (χ2v) is 4.45. The normalized spacial score (nSPS) is 11.5. The monoisotopic (exact) mass is 254 g/mol. The lowest BCUT2D eigenvalue weighted by Gasteiger charge is -2.12. The first-order chi connectivity index (χ1) is 6.98. The van der Waals surface area contributed by atoms with Crippen LogP contribution in [0, 0.1) is 0 Å². The van der Waals surface area contributed by atoms with Crippen molar-refractivity contribution < 1.29 is 13.2 Å². The average Bonchev–Trinajstić information content (AvgIpc) is 2.15. The lowest BCUT2D eigenvalue weighted by Crippen LogP contribution is -2.08. The maximum Gasteiger partial charge on any atom is 0.446 e.